The Morgan fingerprint density at radius 3 is 2.95 bits per heavy atom. The highest BCUT2D eigenvalue weighted by atomic mass is 16.6. The molecule has 19 heavy (non-hydrogen) atoms. The summed E-state index contributed by atoms with van der Waals surface area (Å²) in [6, 6.07) is 6.16. The van der Waals surface area contributed by atoms with E-state index in [-0.39, 0.29) is 11.3 Å². The number of benzene rings is 1. The minimum absolute atomic E-state index is 0.136. The highest BCUT2D eigenvalue weighted by Crippen LogP contribution is 2.28. The molecule has 1 aromatic carbocycles. The summed E-state index contributed by atoms with van der Waals surface area (Å²) in [5.41, 5.74) is 1.11. The second-order valence-corrected chi connectivity index (χ2v) is 3.81. The lowest BCUT2D eigenvalue weighted by Crippen LogP contribution is -1.97. The normalized spacial score (nSPS) is 9.89. The Morgan fingerprint density at radius 2 is 2.37 bits per heavy atom. The summed E-state index contributed by atoms with van der Waals surface area (Å²) in [6.07, 6.45) is 3.34. The molecule has 0 spiro atoms. The van der Waals surface area contributed by atoms with Crippen molar-refractivity contribution in [2.45, 2.75) is 13.5 Å². The quantitative estimate of drug-likeness (QED) is 0.670. The third-order valence-corrected chi connectivity index (χ3v) is 2.56. The predicted molar refractivity (Wildman–Crippen MR) is 69.0 cm³/mol. The standard InChI is InChI=1S/C12H11N5O2/c1-2-16-8-10(7-14-16)15-11-4-3-9(6-13)5-12(11)17(18)19/h3-5,7-8,15H,2H2,1H3. The molecule has 0 saturated carbocycles. The Bertz CT molecular complexity index is 656. The van der Waals surface area contributed by atoms with Gasteiger partial charge >= 0.3 is 0 Å². The maximum Gasteiger partial charge on any atom is 0.293 e. The number of rotatable bonds is 4. The van der Waals surface area contributed by atoms with Gasteiger partial charge in [-0.05, 0) is 19.1 Å². The van der Waals surface area contributed by atoms with Crippen LogP contribution in [0, 0.1) is 21.4 Å². The van der Waals surface area contributed by atoms with Gasteiger partial charge in [-0.15, -0.1) is 0 Å². The Kier molecular flexibility index (Phi) is 3.43. The van der Waals surface area contributed by atoms with E-state index in [1.54, 1.807) is 17.1 Å². The van der Waals surface area contributed by atoms with E-state index in [0.717, 1.165) is 6.54 Å². The lowest BCUT2D eigenvalue weighted by molar-refractivity contribution is -0.383. The van der Waals surface area contributed by atoms with E-state index in [1.165, 1.54) is 18.2 Å². The van der Waals surface area contributed by atoms with Crippen molar-refractivity contribution in [3.63, 3.8) is 0 Å². The van der Waals surface area contributed by atoms with E-state index in [1.807, 2.05) is 13.0 Å². The zero-order valence-electron chi connectivity index (χ0n) is 10.2. The van der Waals surface area contributed by atoms with Crippen molar-refractivity contribution in [3.05, 3.63) is 46.3 Å². The van der Waals surface area contributed by atoms with Gasteiger partial charge in [0.1, 0.15) is 5.69 Å². The molecule has 1 N–H and O–H groups in total. The highest BCUT2D eigenvalue weighted by Gasteiger charge is 2.15. The number of hydrogen-bond acceptors (Lipinski definition) is 5. The molecule has 0 aliphatic heterocycles. The SMILES string of the molecule is CCn1cc(Nc2ccc(C#N)cc2[N+](=O)[O-])cn1. The van der Waals surface area contributed by atoms with Crippen molar-refractivity contribution in [3.8, 4) is 6.07 Å². The van der Waals surface area contributed by atoms with Crippen molar-refractivity contribution >= 4 is 17.1 Å². The first-order valence-electron chi connectivity index (χ1n) is 5.62. The summed E-state index contributed by atoms with van der Waals surface area (Å²) < 4.78 is 1.71. The number of aryl methyl sites for hydroxylation is 1. The average molecular weight is 257 g/mol. The zero-order valence-corrected chi connectivity index (χ0v) is 10.2. The van der Waals surface area contributed by atoms with Crippen LogP contribution < -0.4 is 5.32 Å². The second-order valence-electron chi connectivity index (χ2n) is 3.81. The molecule has 0 saturated heterocycles. The van der Waals surface area contributed by atoms with Crippen LogP contribution in [-0.2, 0) is 6.54 Å². The molecule has 96 valence electrons. The zero-order chi connectivity index (χ0) is 13.8. The molecule has 1 heterocycles. The monoisotopic (exact) mass is 257 g/mol. The maximum absolute atomic E-state index is 11.0. The fourth-order valence-corrected chi connectivity index (χ4v) is 1.61. The number of aromatic nitrogens is 2. The molecule has 0 unspecified atom stereocenters. The number of nitriles is 1. The fraction of sp³-hybridized carbons (Fsp3) is 0.167. The summed E-state index contributed by atoms with van der Waals surface area (Å²) in [5.74, 6) is 0. The first-order valence-corrected chi connectivity index (χ1v) is 5.62. The molecule has 7 nitrogen and oxygen atoms in total. The third kappa shape index (κ3) is 2.69. The second kappa shape index (κ2) is 5.18. The van der Waals surface area contributed by atoms with Crippen LogP contribution in [0.1, 0.15) is 12.5 Å². The van der Waals surface area contributed by atoms with Crippen molar-refractivity contribution in [2.24, 2.45) is 0 Å². The summed E-state index contributed by atoms with van der Waals surface area (Å²) >= 11 is 0. The number of nitro groups is 1. The van der Waals surface area contributed by atoms with Gasteiger partial charge < -0.3 is 5.32 Å². The molecule has 0 atom stereocenters. The van der Waals surface area contributed by atoms with Crippen LogP contribution in [0.15, 0.2) is 30.6 Å². The van der Waals surface area contributed by atoms with E-state index >= 15 is 0 Å². The van der Waals surface area contributed by atoms with E-state index < -0.39 is 4.92 Å². The topological polar surface area (TPSA) is 96.8 Å². The molecule has 7 heteroatoms. The van der Waals surface area contributed by atoms with Crippen LogP contribution in [0.25, 0.3) is 0 Å². The lowest BCUT2D eigenvalue weighted by Gasteiger charge is -2.04. The van der Waals surface area contributed by atoms with Gasteiger partial charge in [0.2, 0.25) is 0 Å². The van der Waals surface area contributed by atoms with Crippen LogP contribution in [0.2, 0.25) is 0 Å². The van der Waals surface area contributed by atoms with Gasteiger partial charge in [0.15, 0.2) is 0 Å². The van der Waals surface area contributed by atoms with Gasteiger partial charge in [-0.3, -0.25) is 14.8 Å². The van der Waals surface area contributed by atoms with Gasteiger partial charge in [0.25, 0.3) is 5.69 Å². The summed E-state index contributed by atoms with van der Waals surface area (Å²) in [4.78, 5) is 10.5. The van der Waals surface area contributed by atoms with E-state index in [4.69, 9.17) is 5.26 Å². The Balaban J connectivity index is 2.34. The Labute approximate surface area is 109 Å². The molecule has 2 aromatic rings. The molecule has 1 aromatic heterocycles. The molecule has 0 aliphatic carbocycles. The molecule has 0 fully saturated rings. The van der Waals surface area contributed by atoms with Gasteiger partial charge in [0.05, 0.1) is 28.4 Å². The van der Waals surface area contributed by atoms with E-state index in [2.05, 4.69) is 10.4 Å². The van der Waals surface area contributed by atoms with Gasteiger partial charge in [-0.2, -0.15) is 10.4 Å². The van der Waals surface area contributed by atoms with Crippen molar-refractivity contribution in [1.82, 2.24) is 9.78 Å². The predicted octanol–water partition coefficient (Wildman–Crippen LogP) is 2.43. The Hall–Kier alpha value is -2.88. The van der Waals surface area contributed by atoms with E-state index in [9.17, 15) is 10.1 Å². The van der Waals surface area contributed by atoms with E-state index in [0.29, 0.717) is 11.4 Å². The van der Waals surface area contributed by atoms with Gasteiger partial charge in [0, 0.05) is 18.8 Å². The largest absolute Gasteiger partial charge is 0.347 e. The smallest absolute Gasteiger partial charge is 0.293 e. The number of hydrogen-bond donors (Lipinski definition) is 1. The molecular formula is C12H11N5O2. The minimum atomic E-state index is -0.520. The molecule has 0 radical (unpaired) electrons. The summed E-state index contributed by atoms with van der Waals surface area (Å²) in [6.45, 7) is 2.66. The molecule has 2 rings (SSSR count). The number of nitro benzene ring substituents is 1. The Morgan fingerprint density at radius 1 is 1.58 bits per heavy atom. The third-order valence-electron chi connectivity index (χ3n) is 2.56. The van der Waals surface area contributed by atoms with Gasteiger partial charge in [-0.25, -0.2) is 0 Å². The van der Waals surface area contributed by atoms with Crippen LogP contribution in [0.4, 0.5) is 17.1 Å². The van der Waals surface area contributed by atoms with Crippen molar-refractivity contribution < 1.29 is 4.92 Å². The number of nitrogens with zero attached hydrogens (tertiary/aromatic N) is 4. The van der Waals surface area contributed by atoms with Crippen LogP contribution in [0.5, 0.6) is 0 Å². The fourth-order valence-electron chi connectivity index (χ4n) is 1.61. The van der Waals surface area contributed by atoms with Gasteiger partial charge in [-0.1, -0.05) is 0 Å². The average Bonchev–Trinajstić information content (AvgIpc) is 2.86. The van der Waals surface area contributed by atoms with Crippen molar-refractivity contribution in [2.75, 3.05) is 5.32 Å². The maximum atomic E-state index is 11.0. The highest BCUT2D eigenvalue weighted by molar-refractivity contribution is 5.70. The van der Waals surface area contributed by atoms with Crippen LogP contribution in [0.3, 0.4) is 0 Å². The summed E-state index contributed by atoms with van der Waals surface area (Å²) in [7, 11) is 0. The number of anilines is 2. The lowest BCUT2D eigenvalue weighted by atomic mass is 10.2. The van der Waals surface area contributed by atoms with Crippen molar-refractivity contribution in [1.29, 1.82) is 5.26 Å². The molecule has 0 bridgehead atoms. The van der Waals surface area contributed by atoms with Crippen LogP contribution >= 0.6 is 0 Å². The first kappa shape index (κ1) is 12.6. The molecule has 0 amide bonds. The first-order chi connectivity index (χ1) is 9.13. The molecular weight excluding hydrogens is 246 g/mol. The summed E-state index contributed by atoms with van der Waals surface area (Å²) in [5, 5.41) is 26.7. The number of nitrogens with one attached hydrogen (secondary N) is 1. The van der Waals surface area contributed by atoms with Crippen LogP contribution in [-0.4, -0.2) is 14.7 Å². The molecule has 0 aliphatic rings. The minimum Gasteiger partial charge on any atom is -0.347 e.